The van der Waals surface area contributed by atoms with E-state index in [0.717, 1.165) is 44.7 Å². The third-order valence-corrected chi connectivity index (χ3v) is 6.28. The summed E-state index contributed by atoms with van der Waals surface area (Å²) in [6.07, 6.45) is 3.50. The first-order valence-corrected chi connectivity index (χ1v) is 10.3. The molecule has 5 nitrogen and oxygen atoms in total. The molecule has 1 aliphatic heterocycles. The molecule has 2 aromatic carbocycles. The summed E-state index contributed by atoms with van der Waals surface area (Å²) in [4.78, 5) is 17.2. The summed E-state index contributed by atoms with van der Waals surface area (Å²) >= 11 is 0. The summed E-state index contributed by atoms with van der Waals surface area (Å²) in [6.45, 7) is 4.95. The first kappa shape index (κ1) is 18.8. The molecular formula is C23H30N4O. The molecule has 1 heterocycles. The number of carbonyl (C=O) groups excluding carboxylic acids is 1. The van der Waals surface area contributed by atoms with Crippen molar-refractivity contribution in [3.05, 3.63) is 60.2 Å². The lowest BCUT2D eigenvalue weighted by Crippen LogP contribution is -2.46. The van der Waals surface area contributed by atoms with Crippen LogP contribution in [0.15, 0.2) is 54.6 Å². The van der Waals surface area contributed by atoms with Gasteiger partial charge in [0.25, 0.3) is 0 Å². The third kappa shape index (κ3) is 4.14. The van der Waals surface area contributed by atoms with Gasteiger partial charge in [0.1, 0.15) is 0 Å². The zero-order chi connectivity index (χ0) is 19.4. The van der Waals surface area contributed by atoms with E-state index in [1.165, 1.54) is 17.7 Å². The van der Waals surface area contributed by atoms with Gasteiger partial charge in [-0.05, 0) is 49.7 Å². The largest absolute Gasteiger partial charge is 0.369 e. The minimum absolute atomic E-state index is 0.101. The maximum atomic E-state index is 12.4. The van der Waals surface area contributed by atoms with Gasteiger partial charge in [0.05, 0.1) is 0 Å². The average Bonchev–Trinajstić information content (AvgIpc) is 2.69. The molecule has 0 spiro atoms. The number of urea groups is 1. The van der Waals surface area contributed by atoms with Gasteiger partial charge in [-0.3, -0.25) is 0 Å². The van der Waals surface area contributed by atoms with Gasteiger partial charge in [-0.25, -0.2) is 4.79 Å². The van der Waals surface area contributed by atoms with Crippen LogP contribution in [0.1, 0.15) is 24.8 Å². The van der Waals surface area contributed by atoms with Gasteiger partial charge in [-0.15, -0.1) is 0 Å². The highest BCUT2D eigenvalue weighted by atomic mass is 16.2. The van der Waals surface area contributed by atoms with Crippen LogP contribution in [0.25, 0.3) is 0 Å². The molecule has 28 heavy (non-hydrogen) atoms. The van der Waals surface area contributed by atoms with E-state index in [9.17, 15) is 4.79 Å². The molecule has 4 rings (SSSR count). The number of likely N-dealkylation sites (N-methyl/N-ethyl adjacent to an activating group) is 1. The number of hydrogen-bond acceptors (Lipinski definition) is 3. The van der Waals surface area contributed by atoms with Gasteiger partial charge < -0.3 is 20.4 Å². The molecular weight excluding hydrogens is 348 g/mol. The lowest BCUT2D eigenvalue weighted by molar-refractivity contribution is 0.222. The van der Waals surface area contributed by atoms with Crippen LogP contribution in [-0.4, -0.2) is 50.7 Å². The van der Waals surface area contributed by atoms with Crippen LogP contribution in [0.2, 0.25) is 0 Å². The Morgan fingerprint density at radius 2 is 1.64 bits per heavy atom. The standard InChI is InChI=1S/C23H30N4O/c1-26-14-16-27(17-15-26)21-10-8-20(9-11-21)25-22(28)24-18-23(12-5-13-23)19-6-3-2-4-7-19/h2-4,6-11H,5,12-18H2,1H3,(H2,24,25,28). The zero-order valence-corrected chi connectivity index (χ0v) is 16.7. The number of piperazine rings is 1. The molecule has 0 aromatic heterocycles. The maximum absolute atomic E-state index is 12.4. The number of nitrogens with zero attached hydrogens (tertiary/aromatic N) is 2. The number of carbonyl (C=O) groups is 1. The number of amides is 2. The van der Waals surface area contributed by atoms with Crippen LogP contribution in [0, 0.1) is 0 Å². The maximum Gasteiger partial charge on any atom is 0.319 e. The summed E-state index contributed by atoms with van der Waals surface area (Å²) in [5, 5.41) is 6.06. The van der Waals surface area contributed by atoms with Crippen molar-refractivity contribution >= 4 is 17.4 Å². The Labute approximate surface area is 167 Å². The first-order chi connectivity index (χ1) is 13.6. The van der Waals surface area contributed by atoms with Crippen LogP contribution in [0.5, 0.6) is 0 Å². The van der Waals surface area contributed by atoms with Crippen LogP contribution in [-0.2, 0) is 5.41 Å². The number of hydrogen-bond donors (Lipinski definition) is 2. The molecule has 2 fully saturated rings. The van der Waals surface area contributed by atoms with Crippen molar-refractivity contribution in [2.45, 2.75) is 24.7 Å². The molecule has 2 amide bonds. The van der Waals surface area contributed by atoms with Crippen LogP contribution in [0.4, 0.5) is 16.2 Å². The molecule has 0 bridgehead atoms. The van der Waals surface area contributed by atoms with Gasteiger partial charge in [0, 0.05) is 49.5 Å². The predicted molar refractivity (Wildman–Crippen MR) is 115 cm³/mol. The summed E-state index contributed by atoms with van der Waals surface area (Å²) in [5.41, 5.74) is 3.48. The second kappa shape index (κ2) is 8.23. The zero-order valence-electron chi connectivity index (χ0n) is 16.7. The minimum atomic E-state index is -0.130. The number of benzene rings is 2. The van der Waals surface area contributed by atoms with E-state index in [-0.39, 0.29) is 11.4 Å². The molecule has 0 radical (unpaired) electrons. The van der Waals surface area contributed by atoms with E-state index in [1.54, 1.807) is 0 Å². The van der Waals surface area contributed by atoms with Gasteiger partial charge >= 0.3 is 6.03 Å². The summed E-state index contributed by atoms with van der Waals surface area (Å²) in [5.74, 6) is 0. The van der Waals surface area contributed by atoms with Crippen molar-refractivity contribution in [1.29, 1.82) is 0 Å². The van der Waals surface area contributed by atoms with E-state index in [2.05, 4.69) is 63.9 Å². The SMILES string of the molecule is CN1CCN(c2ccc(NC(=O)NCC3(c4ccccc4)CCC3)cc2)CC1. The normalized spacial score (nSPS) is 19.0. The van der Waals surface area contributed by atoms with Crippen molar-refractivity contribution in [2.75, 3.05) is 50.0 Å². The highest BCUT2D eigenvalue weighted by Crippen LogP contribution is 2.43. The van der Waals surface area contributed by atoms with Crippen molar-refractivity contribution in [3.8, 4) is 0 Å². The Balaban J connectivity index is 1.30. The van der Waals surface area contributed by atoms with E-state index < -0.39 is 0 Å². The number of nitrogens with one attached hydrogen (secondary N) is 2. The Kier molecular flexibility index (Phi) is 5.53. The minimum Gasteiger partial charge on any atom is -0.369 e. The Morgan fingerprint density at radius 3 is 2.25 bits per heavy atom. The van der Waals surface area contributed by atoms with E-state index >= 15 is 0 Å². The predicted octanol–water partition coefficient (Wildman–Crippen LogP) is 3.68. The van der Waals surface area contributed by atoms with E-state index in [4.69, 9.17) is 0 Å². The van der Waals surface area contributed by atoms with E-state index in [0.29, 0.717) is 6.54 Å². The summed E-state index contributed by atoms with van der Waals surface area (Å²) < 4.78 is 0. The fourth-order valence-corrected chi connectivity index (χ4v) is 4.21. The van der Waals surface area contributed by atoms with Gasteiger partial charge in [0.2, 0.25) is 0 Å². The van der Waals surface area contributed by atoms with Gasteiger partial charge in [-0.1, -0.05) is 36.8 Å². The second-order valence-corrected chi connectivity index (χ2v) is 8.14. The van der Waals surface area contributed by atoms with Crippen LogP contribution >= 0.6 is 0 Å². The molecule has 0 unspecified atom stereocenters. The average molecular weight is 379 g/mol. The molecule has 5 heteroatoms. The molecule has 2 aromatic rings. The molecule has 2 aliphatic rings. The lowest BCUT2D eigenvalue weighted by atomic mass is 9.64. The Bertz CT molecular complexity index is 778. The van der Waals surface area contributed by atoms with E-state index in [1.807, 2.05) is 18.2 Å². The third-order valence-electron chi connectivity index (χ3n) is 6.28. The molecule has 148 valence electrons. The first-order valence-electron chi connectivity index (χ1n) is 10.3. The molecule has 1 aliphatic carbocycles. The highest BCUT2D eigenvalue weighted by molar-refractivity contribution is 5.89. The highest BCUT2D eigenvalue weighted by Gasteiger charge is 2.38. The topological polar surface area (TPSA) is 47.6 Å². The summed E-state index contributed by atoms with van der Waals surface area (Å²) in [6, 6.07) is 18.6. The fourth-order valence-electron chi connectivity index (χ4n) is 4.21. The molecule has 1 saturated carbocycles. The van der Waals surface area contributed by atoms with Crippen LogP contribution < -0.4 is 15.5 Å². The Hall–Kier alpha value is -2.53. The Morgan fingerprint density at radius 1 is 0.964 bits per heavy atom. The van der Waals surface area contributed by atoms with Crippen molar-refractivity contribution in [3.63, 3.8) is 0 Å². The second-order valence-electron chi connectivity index (χ2n) is 8.14. The van der Waals surface area contributed by atoms with Crippen molar-refractivity contribution < 1.29 is 4.79 Å². The van der Waals surface area contributed by atoms with Crippen molar-refractivity contribution in [2.24, 2.45) is 0 Å². The molecule has 0 atom stereocenters. The summed E-state index contributed by atoms with van der Waals surface area (Å²) in [7, 11) is 2.16. The van der Waals surface area contributed by atoms with Crippen molar-refractivity contribution in [1.82, 2.24) is 10.2 Å². The monoisotopic (exact) mass is 378 g/mol. The van der Waals surface area contributed by atoms with Crippen LogP contribution in [0.3, 0.4) is 0 Å². The lowest BCUT2D eigenvalue weighted by Gasteiger charge is -2.42. The van der Waals surface area contributed by atoms with Gasteiger partial charge in [-0.2, -0.15) is 0 Å². The quantitative estimate of drug-likeness (QED) is 0.834. The number of anilines is 2. The molecule has 2 N–H and O–H groups in total. The number of rotatable bonds is 5. The van der Waals surface area contributed by atoms with Gasteiger partial charge in [0.15, 0.2) is 0 Å². The fraction of sp³-hybridized carbons (Fsp3) is 0.435. The smallest absolute Gasteiger partial charge is 0.319 e. The molecule has 1 saturated heterocycles.